The van der Waals surface area contributed by atoms with Crippen LogP contribution in [0.1, 0.15) is 35.1 Å². The molecule has 0 saturated heterocycles. The average Bonchev–Trinajstić information content (AvgIpc) is 2.81. The van der Waals surface area contributed by atoms with Crippen LogP contribution in [0.5, 0.6) is 0 Å². The van der Waals surface area contributed by atoms with Gasteiger partial charge in [0.15, 0.2) is 0 Å². The van der Waals surface area contributed by atoms with Gasteiger partial charge in [0.2, 0.25) is 0 Å². The number of hydrogen-bond acceptors (Lipinski definition) is 1. The first-order valence-electron chi connectivity index (χ1n) is 6.41. The van der Waals surface area contributed by atoms with Gasteiger partial charge in [-0.2, -0.15) is 0 Å². The van der Waals surface area contributed by atoms with Gasteiger partial charge in [0.25, 0.3) is 0 Å². The minimum atomic E-state index is -0.359. The van der Waals surface area contributed by atoms with E-state index in [1.54, 1.807) is 6.07 Å². The monoisotopic (exact) mass is 275 g/mol. The fourth-order valence-corrected chi connectivity index (χ4v) is 3.14. The molecule has 1 aliphatic rings. The minimum absolute atomic E-state index is 0.197. The second-order valence-corrected chi connectivity index (χ2v) is 5.34. The third-order valence-corrected chi connectivity index (χ3v) is 4.20. The molecule has 2 aromatic carbocycles. The Balaban J connectivity index is 2.05. The van der Waals surface area contributed by atoms with Crippen molar-refractivity contribution >= 4 is 11.6 Å². The van der Waals surface area contributed by atoms with Crippen molar-refractivity contribution in [1.82, 2.24) is 5.32 Å². The summed E-state index contributed by atoms with van der Waals surface area (Å²) >= 11 is 5.90. The Morgan fingerprint density at radius 2 is 1.89 bits per heavy atom. The van der Waals surface area contributed by atoms with Crippen LogP contribution in [0, 0.1) is 5.82 Å². The van der Waals surface area contributed by atoms with Gasteiger partial charge in [-0.05, 0) is 42.3 Å². The molecule has 1 N–H and O–H groups in total. The van der Waals surface area contributed by atoms with E-state index in [0.717, 1.165) is 12.0 Å². The van der Waals surface area contributed by atoms with Gasteiger partial charge < -0.3 is 5.32 Å². The van der Waals surface area contributed by atoms with Crippen molar-refractivity contribution in [2.24, 2.45) is 0 Å². The zero-order valence-corrected chi connectivity index (χ0v) is 11.4. The van der Waals surface area contributed by atoms with Gasteiger partial charge in [-0.3, -0.25) is 0 Å². The summed E-state index contributed by atoms with van der Waals surface area (Å²) in [6, 6.07) is 13.8. The summed E-state index contributed by atoms with van der Waals surface area (Å²) in [5.74, 6) is -0.0754. The maximum Gasteiger partial charge on any atom is 0.141 e. The summed E-state index contributed by atoms with van der Waals surface area (Å²) in [6.07, 6.45) is 0.984. The summed E-state index contributed by atoms with van der Waals surface area (Å²) in [5.41, 5.74) is 3.72. The number of hydrogen-bond donors (Lipinski definition) is 1. The Morgan fingerprint density at radius 3 is 2.58 bits per heavy atom. The fourth-order valence-electron chi connectivity index (χ4n) is 2.95. The second kappa shape index (κ2) is 4.95. The standard InChI is InChI=1S/C16H15ClFN/c1-19-16-9-13(11-4-2-3-5-12(11)16)10-6-7-15(18)14(17)8-10/h2-8,13,16,19H,9H2,1H3. The lowest BCUT2D eigenvalue weighted by Gasteiger charge is -2.13. The van der Waals surface area contributed by atoms with Gasteiger partial charge in [0.05, 0.1) is 5.02 Å². The third-order valence-electron chi connectivity index (χ3n) is 3.91. The molecular weight excluding hydrogens is 261 g/mol. The van der Waals surface area contributed by atoms with Crippen LogP contribution in [0.3, 0.4) is 0 Å². The predicted octanol–water partition coefficient (Wildman–Crippen LogP) is 4.28. The van der Waals surface area contributed by atoms with Crippen LogP contribution < -0.4 is 5.32 Å². The molecule has 0 aliphatic heterocycles. The topological polar surface area (TPSA) is 12.0 Å². The molecule has 0 saturated carbocycles. The molecule has 3 rings (SSSR count). The number of fused-ring (bicyclic) bond motifs is 1. The lowest BCUT2D eigenvalue weighted by atomic mass is 9.93. The molecule has 0 spiro atoms. The van der Waals surface area contributed by atoms with Crippen LogP contribution in [-0.2, 0) is 0 Å². The Labute approximate surface area is 117 Å². The highest BCUT2D eigenvalue weighted by Crippen LogP contribution is 2.44. The van der Waals surface area contributed by atoms with Crippen molar-refractivity contribution < 1.29 is 4.39 Å². The van der Waals surface area contributed by atoms with E-state index in [-0.39, 0.29) is 16.8 Å². The second-order valence-electron chi connectivity index (χ2n) is 4.93. The van der Waals surface area contributed by atoms with Crippen molar-refractivity contribution in [2.75, 3.05) is 7.05 Å². The van der Waals surface area contributed by atoms with E-state index in [0.29, 0.717) is 6.04 Å². The molecule has 0 bridgehead atoms. The first-order chi connectivity index (χ1) is 9.20. The quantitative estimate of drug-likeness (QED) is 0.863. The maximum atomic E-state index is 13.3. The Bertz CT molecular complexity index is 611. The number of nitrogens with one attached hydrogen (secondary N) is 1. The molecule has 0 heterocycles. The number of rotatable bonds is 2. The van der Waals surface area contributed by atoms with Crippen LogP contribution in [-0.4, -0.2) is 7.05 Å². The zero-order valence-electron chi connectivity index (χ0n) is 10.7. The van der Waals surface area contributed by atoms with Gasteiger partial charge >= 0.3 is 0 Å². The van der Waals surface area contributed by atoms with Crippen LogP contribution >= 0.6 is 11.6 Å². The first-order valence-corrected chi connectivity index (χ1v) is 6.79. The smallest absolute Gasteiger partial charge is 0.141 e. The van der Waals surface area contributed by atoms with Gasteiger partial charge in [0, 0.05) is 12.0 Å². The van der Waals surface area contributed by atoms with Crippen LogP contribution in [0.4, 0.5) is 4.39 Å². The van der Waals surface area contributed by atoms with Crippen molar-refractivity contribution in [1.29, 1.82) is 0 Å². The lowest BCUT2D eigenvalue weighted by Crippen LogP contribution is -2.13. The molecule has 2 atom stereocenters. The molecular formula is C16H15ClFN. The number of benzene rings is 2. The van der Waals surface area contributed by atoms with Gasteiger partial charge in [-0.25, -0.2) is 4.39 Å². The normalized spacial score (nSPS) is 21.4. The largest absolute Gasteiger partial charge is 0.313 e. The highest BCUT2D eigenvalue weighted by atomic mass is 35.5. The maximum absolute atomic E-state index is 13.3. The third kappa shape index (κ3) is 2.15. The Morgan fingerprint density at radius 1 is 1.16 bits per heavy atom. The average molecular weight is 276 g/mol. The van der Waals surface area contributed by atoms with Gasteiger partial charge in [-0.1, -0.05) is 41.9 Å². The zero-order chi connectivity index (χ0) is 13.4. The Kier molecular flexibility index (Phi) is 3.29. The van der Waals surface area contributed by atoms with Crippen molar-refractivity contribution in [3.63, 3.8) is 0 Å². The number of halogens is 2. The molecule has 1 nitrogen and oxygen atoms in total. The molecule has 0 aromatic heterocycles. The minimum Gasteiger partial charge on any atom is -0.313 e. The predicted molar refractivity (Wildman–Crippen MR) is 76.1 cm³/mol. The highest BCUT2D eigenvalue weighted by Gasteiger charge is 2.30. The van der Waals surface area contributed by atoms with E-state index in [1.165, 1.54) is 17.2 Å². The molecule has 1 aliphatic carbocycles. The SMILES string of the molecule is CNC1CC(c2ccc(F)c(Cl)c2)c2ccccc21. The van der Waals surface area contributed by atoms with Crippen molar-refractivity contribution in [3.05, 3.63) is 70.0 Å². The molecule has 98 valence electrons. The van der Waals surface area contributed by atoms with Crippen LogP contribution in [0.25, 0.3) is 0 Å². The summed E-state index contributed by atoms with van der Waals surface area (Å²) in [4.78, 5) is 0. The summed E-state index contributed by atoms with van der Waals surface area (Å²) in [5, 5.41) is 3.54. The summed E-state index contributed by atoms with van der Waals surface area (Å²) < 4.78 is 13.3. The molecule has 19 heavy (non-hydrogen) atoms. The van der Waals surface area contributed by atoms with E-state index >= 15 is 0 Å². The molecule has 0 amide bonds. The molecule has 0 fully saturated rings. The van der Waals surface area contributed by atoms with Crippen molar-refractivity contribution in [3.8, 4) is 0 Å². The molecule has 3 heteroatoms. The van der Waals surface area contributed by atoms with E-state index in [1.807, 2.05) is 13.1 Å². The van der Waals surface area contributed by atoms with E-state index in [2.05, 4.69) is 29.6 Å². The summed E-state index contributed by atoms with van der Waals surface area (Å²) in [6.45, 7) is 0. The van der Waals surface area contributed by atoms with E-state index in [9.17, 15) is 4.39 Å². The van der Waals surface area contributed by atoms with Crippen LogP contribution in [0.2, 0.25) is 5.02 Å². The van der Waals surface area contributed by atoms with Gasteiger partial charge in [-0.15, -0.1) is 0 Å². The Hall–Kier alpha value is -1.38. The lowest BCUT2D eigenvalue weighted by molar-refractivity contribution is 0.563. The molecule has 2 aromatic rings. The molecule has 0 radical (unpaired) electrons. The fraction of sp³-hybridized carbons (Fsp3) is 0.250. The first kappa shape index (κ1) is 12.6. The van der Waals surface area contributed by atoms with E-state index in [4.69, 9.17) is 11.6 Å². The summed E-state index contributed by atoms with van der Waals surface area (Å²) in [7, 11) is 1.97. The molecule has 2 unspecified atom stereocenters. The van der Waals surface area contributed by atoms with E-state index < -0.39 is 0 Å². The van der Waals surface area contributed by atoms with Crippen molar-refractivity contribution in [2.45, 2.75) is 18.4 Å². The highest BCUT2D eigenvalue weighted by molar-refractivity contribution is 6.30. The van der Waals surface area contributed by atoms with Crippen LogP contribution in [0.15, 0.2) is 42.5 Å². The van der Waals surface area contributed by atoms with Gasteiger partial charge in [0.1, 0.15) is 5.82 Å².